The van der Waals surface area contributed by atoms with E-state index in [2.05, 4.69) is 29.2 Å². The van der Waals surface area contributed by atoms with Crippen molar-refractivity contribution in [2.24, 2.45) is 5.73 Å². The third-order valence-corrected chi connectivity index (χ3v) is 4.27. The first-order chi connectivity index (χ1) is 11.6. The van der Waals surface area contributed by atoms with Crippen LogP contribution in [0.25, 0.3) is 0 Å². The van der Waals surface area contributed by atoms with Gasteiger partial charge in [0.25, 0.3) is 0 Å². The van der Waals surface area contributed by atoms with Gasteiger partial charge in [-0.1, -0.05) is 30.3 Å². The maximum atomic E-state index is 12.8. The fraction of sp³-hybridized carbons (Fsp3) is 0.350. The Kier molecular flexibility index (Phi) is 6.38. The number of benzene rings is 2. The second-order valence-corrected chi connectivity index (χ2v) is 6.10. The molecule has 2 rings (SSSR count). The molecule has 2 aromatic carbocycles. The second-order valence-electron chi connectivity index (χ2n) is 6.10. The number of nitrogens with zero attached hydrogens (tertiary/aromatic N) is 2. The monoisotopic (exact) mass is 325 g/mol. The molecule has 4 heteroatoms. The first-order valence-electron chi connectivity index (χ1n) is 8.39. The summed E-state index contributed by atoms with van der Waals surface area (Å²) in [6.45, 7) is 3.10. The van der Waals surface area contributed by atoms with E-state index in [4.69, 9.17) is 5.73 Å². The fourth-order valence-corrected chi connectivity index (χ4v) is 2.81. The summed E-state index contributed by atoms with van der Waals surface area (Å²) >= 11 is 0. The lowest BCUT2D eigenvalue weighted by molar-refractivity contribution is -0.118. The van der Waals surface area contributed by atoms with E-state index in [1.54, 1.807) is 0 Å². The Hall–Kier alpha value is -2.33. The number of carbonyl (C=O) groups excluding carboxylic acids is 1. The van der Waals surface area contributed by atoms with Gasteiger partial charge in [0.15, 0.2) is 0 Å². The SMILES string of the molecule is CCN(C(=O)CC(CN)c1ccc(N(C)C)cc1)c1ccccc1. The molecule has 0 radical (unpaired) electrons. The summed E-state index contributed by atoms with van der Waals surface area (Å²) in [6.07, 6.45) is 0.417. The molecule has 0 aliphatic heterocycles. The van der Waals surface area contributed by atoms with Gasteiger partial charge in [0.2, 0.25) is 5.91 Å². The van der Waals surface area contributed by atoms with Crippen molar-refractivity contribution in [3.8, 4) is 0 Å². The summed E-state index contributed by atoms with van der Waals surface area (Å²) in [5.41, 5.74) is 9.13. The van der Waals surface area contributed by atoms with E-state index in [9.17, 15) is 4.79 Å². The van der Waals surface area contributed by atoms with Crippen molar-refractivity contribution in [1.29, 1.82) is 0 Å². The maximum absolute atomic E-state index is 12.8. The highest BCUT2D eigenvalue weighted by molar-refractivity contribution is 5.93. The smallest absolute Gasteiger partial charge is 0.227 e. The van der Waals surface area contributed by atoms with Crippen molar-refractivity contribution in [1.82, 2.24) is 0 Å². The zero-order chi connectivity index (χ0) is 17.5. The maximum Gasteiger partial charge on any atom is 0.227 e. The molecule has 0 heterocycles. The van der Waals surface area contributed by atoms with Crippen LogP contribution >= 0.6 is 0 Å². The number of nitrogens with two attached hydrogens (primary N) is 1. The van der Waals surface area contributed by atoms with Gasteiger partial charge in [0.1, 0.15) is 0 Å². The van der Waals surface area contributed by atoms with Crippen LogP contribution in [0.4, 0.5) is 11.4 Å². The van der Waals surface area contributed by atoms with Crippen LogP contribution in [-0.4, -0.2) is 33.1 Å². The lowest BCUT2D eigenvalue weighted by Crippen LogP contribution is -2.32. The summed E-state index contributed by atoms with van der Waals surface area (Å²) in [7, 11) is 4.02. The molecule has 0 fully saturated rings. The van der Waals surface area contributed by atoms with Crippen LogP contribution in [-0.2, 0) is 4.79 Å². The van der Waals surface area contributed by atoms with Crippen molar-refractivity contribution in [2.75, 3.05) is 37.0 Å². The number of carbonyl (C=O) groups is 1. The molecule has 0 spiro atoms. The molecule has 0 aliphatic rings. The molecule has 0 saturated carbocycles. The van der Waals surface area contributed by atoms with E-state index < -0.39 is 0 Å². The number of anilines is 2. The fourth-order valence-electron chi connectivity index (χ4n) is 2.81. The van der Waals surface area contributed by atoms with Crippen LogP contribution in [0.15, 0.2) is 54.6 Å². The minimum Gasteiger partial charge on any atom is -0.378 e. The summed E-state index contributed by atoms with van der Waals surface area (Å²) in [5.74, 6) is 0.141. The van der Waals surface area contributed by atoms with E-state index in [-0.39, 0.29) is 11.8 Å². The molecule has 0 bridgehead atoms. The van der Waals surface area contributed by atoms with E-state index in [1.807, 2.05) is 56.3 Å². The van der Waals surface area contributed by atoms with E-state index >= 15 is 0 Å². The normalized spacial score (nSPS) is 11.8. The Morgan fingerprint density at radius 2 is 1.62 bits per heavy atom. The van der Waals surface area contributed by atoms with Gasteiger partial charge in [0.05, 0.1) is 0 Å². The van der Waals surface area contributed by atoms with Crippen molar-refractivity contribution in [3.63, 3.8) is 0 Å². The molecule has 128 valence electrons. The van der Waals surface area contributed by atoms with Crippen LogP contribution in [0.1, 0.15) is 24.8 Å². The predicted octanol–water partition coefficient (Wildman–Crippen LogP) is 3.24. The minimum absolute atomic E-state index is 0.0338. The highest BCUT2D eigenvalue weighted by atomic mass is 16.2. The molecule has 1 atom stereocenters. The second kappa shape index (κ2) is 8.50. The molecule has 0 saturated heterocycles. The van der Waals surface area contributed by atoms with Gasteiger partial charge < -0.3 is 15.5 Å². The zero-order valence-corrected chi connectivity index (χ0v) is 14.8. The zero-order valence-electron chi connectivity index (χ0n) is 14.8. The van der Waals surface area contributed by atoms with Crippen molar-refractivity contribution in [2.45, 2.75) is 19.3 Å². The lowest BCUT2D eigenvalue weighted by atomic mass is 9.94. The first kappa shape index (κ1) is 18.0. The molecule has 4 nitrogen and oxygen atoms in total. The Balaban J connectivity index is 2.12. The standard InChI is InChI=1S/C20H27N3O/c1-4-23(19-8-6-5-7-9-19)20(24)14-17(15-21)16-10-12-18(13-11-16)22(2)3/h5-13,17H,4,14-15,21H2,1-3H3. The van der Waals surface area contributed by atoms with E-state index in [0.29, 0.717) is 19.5 Å². The van der Waals surface area contributed by atoms with Gasteiger partial charge in [0, 0.05) is 44.4 Å². The molecule has 0 aliphatic carbocycles. The van der Waals surface area contributed by atoms with E-state index in [0.717, 1.165) is 16.9 Å². The Bertz CT molecular complexity index is 638. The molecule has 2 aromatic rings. The molecule has 0 aromatic heterocycles. The van der Waals surface area contributed by atoms with Gasteiger partial charge >= 0.3 is 0 Å². The predicted molar refractivity (Wildman–Crippen MR) is 102 cm³/mol. The van der Waals surface area contributed by atoms with Gasteiger partial charge in [-0.15, -0.1) is 0 Å². The highest BCUT2D eigenvalue weighted by Gasteiger charge is 2.20. The Morgan fingerprint density at radius 3 is 2.12 bits per heavy atom. The van der Waals surface area contributed by atoms with E-state index in [1.165, 1.54) is 0 Å². The molecule has 1 amide bonds. The third kappa shape index (κ3) is 4.36. The number of para-hydroxylation sites is 1. The molecule has 1 unspecified atom stereocenters. The van der Waals surface area contributed by atoms with Crippen LogP contribution < -0.4 is 15.5 Å². The summed E-state index contributed by atoms with van der Waals surface area (Å²) in [5, 5.41) is 0. The largest absolute Gasteiger partial charge is 0.378 e. The molecule has 24 heavy (non-hydrogen) atoms. The highest BCUT2D eigenvalue weighted by Crippen LogP contribution is 2.24. The number of rotatable bonds is 7. The van der Waals surface area contributed by atoms with Gasteiger partial charge in [-0.2, -0.15) is 0 Å². The average Bonchev–Trinajstić information content (AvgIpc) is 2.61. The van der Waals surface area contributed by atoms with Gasteiger partial charge in [-0.25, -0.2) is 0 Å². The Labute approximate surface area is 144 Å². The summed E-state index contributed by atoms with van der Waals surface area (Å²) in [4.78, 5) is 16.6. The summed E-state index contributed by atoms with van der Waals surface area (Å²) < 4.78 is 0. The lowest BCUT2D eigenvalue weighted by Gasteiger charge is -2.24. The van der Waals surface area contributed by atoms with Crippen molar-refractivity contribution < 1.29 is 4.79 Å². The number of hydrogen-bond donors (Lipinski definition) is 1. The summed E-state index contributed by atoms with van der Waals surface area (Å²) in [6, 6.07) is 18.1. The molecule has 2 N–H and O–H groups in total. The van der Waals surface area contributed by atoms with Crippen LogP contribution in [0.2, 0.25) is 0 Å². The quantitative estimate of drug-likeness (QED) is 0.850. The third-order valence-electron chi connectivity index (χ3n) is 4.27. The van der Waals surface area contributed by atoms with Gasteiger partial charge in [-0.3, -0.25) is 4.79 Å². The average molecular weight is 325 g/mol. The van der Waals surface area contributed by atoms with Crippen LogP contribution in [0.5, 0.6) is 0 Å². The first-order valence-corrected chi connectivity index (χ1v) is 8.39. The topological polar surface area (TPSA) is 49.6 Å². The minimum atomic E-state index is 0.0338. The Morgan fingerprint density at radius 1 is 1.00 bits per heavy atom. The van der Waals surface area contributed by atoms with Gasteiger partial charge in [-0.05, 0) is 43.3 Å². The number of amides is 1. The molecular weight excluding hydrogens is 298 g/mol. The van der Waals surface area contributed by atoms with Crippen molar-refractivity contribution in [3.05, 3.63) is 60.2 Å². The molecular formula is C20H27N3O. The number of hydrogen-bond acceptors (Lipinski definition) is 3. The van der Waals surface area contributed by atoms with Crippen molar-refractivity contribution >= 4 is 17.3 Å². The van der Waals surface area contributed by atoms with Crippen LogP contribution in [0.3, 0.4) is 0 Å². The van der Waals surface area contributed by atoms with Crippen LogP contribution in [0, 0.1) is 0 Å².